The highest BCUT2D eigenvalue weighted by Gasteiger charge is 2.11. The van der Waals surface area contributed by atoms with E-state index < -0.39 is 5.97 Å². The van der Waals surface area contributed by atoms with E-state index in [9.17, 15) is 9.59 Å². The minimum atomic E-state index is -0.873. The summed E-state index contributed by atoms with van der Waals surface area (Å²) >= 11 is 0. The summed E-state index contributed by atoms with van der Waals surface area (Å²) < 4.78 is 0. The van der Waals surface area contributed by atoms with Crippen molar-refractivity contribution in [3.05, 3.63) is 12.2 Å². The number of aliphatic carboxylic acids is 1. The summed E-state index contributed by atoms with van der Waals surface area (Å²) in [6.07, 6.45) is 1.80. The van der Waals surface area contributed by atoms with Crippen LogP contribution in [0.4, 0.5) is 4.79 Å². The van der Waals surface area contributed by atoms with E-state index >= 15 is 0 Å². The van der Waals surface area contributed by atoms with E-state index in [-0.39, 0.29) is 18.5 Å². The molecule has 0 radical (unpaired) electrons. The Morgan fingerprint density at radius 2 is 2.35 bits per heavy atom. The Labute approximate surface area is 97.8 Å². The fourth-order valence-electron chi connectivity index (χ4n) is 1.18. The number of H-pyrrole nitrogens is 1. The van der Waals surface area contributed by atoms with Crippen LogP contribution in [0, 0.1) is 0 Å². The standard InChI is InChI=1S/C9H15N5O3/c1-6(8-11-5-12-14-8)13-9(17)10-4-2-3-7(15)16/h5-6H,2-4H2,1H3,(H,15,16)(H2,10,13,17)(H,11,12,14). The number of carbonyl (C=O) groups is 2. The van der Waals surface area contributed by atoms with Crippen LogP contribution in [-0.4, -0.2) is 38.8 Å². The highest BCUT2D eigenvalue weighted by molar-refractivity contribution is 5.74. The number of urea groups is 1. The summed E-state index contributed by atoms with van der Waals surface area (Å²) in [5, 5.41) is 19.9. The van der Waals surface area contributed by atoms with E-state index in [0.29, 0.717) is 18.8 Å². The van der Waals surface area contributed by atoms with Gasteiger partial charge in [-0.1, -0.05) is 0 Å². The molecule has 1 heterocycles. The van der Waals surface area contributed by atoms with Crippen molar-refractivity contribution in [1.29, 1.82) is 0 Å². The zero-order chi connectivity index (χ0) is 12.7. The van der Waals surface area contributed by atoms with Gasteiger partial charge < -0.3 is 15.7 Å². The molecular formula is C9H15N5O3. The summed E-state index contributed by atoms with van der Waals surface area (Å²) in [5.41, 5.74) is 0. The number of hydrogen-bond donors (Lipinski definition) is 4. The predicted molar refractivity (Wildman–Crippen MR) is 58.2 cm³/mol. The van der Waals surface area contributed by atoms with Crippen LogP contribution in [0.1, 0.15) is 31.6 Å². The lowest BCUT2D eigenvalue weighted by atomic mass is 10.3. The first-order valence-corrected chi connectivity index (χ1v) is 5.21. The van der Waals surface area contributed by atoms with E-state index in [1.54, 1.807) is 6.92 Å². The molecule has 0 fully saturated rings. The third-order valence-electron chi connectivity index (χ3n) is 2.04. The smallest absolute Gasteiger partial charge is 0.315 e. The minimum Gasteiger partial charge on any atom is -0.481 e. The minimum absolute atomic E-state index is 0.0396. The number of carbonyl (C=O) groups excluding carboxylic acids is 1. The van der Waals surface area contributed by atoms with Crippen molar-refractivity contribution in [3.8, 4) is 0 Å². The molecule has 4 N–H and O–H groups in total. The quantitative estimate of drug-likeness (QED) is 0.524. The molecule has 1 unspecified atom stereocenters. The Bertz CT molecular complexity index is 365. The molecule has 17 heavy (non-hydrogen) atoms. The van der Waals surface area contributed by atoms with Crippen molar-refractivity contribution in [2.24, 2.45) is 0 Å². The number of aromatic amines is 1. The molecule has 0 aromatic carbocycles. The summed E-state index contributed by atoms with van der Waals surface area (Å²) in [6, 6.07) is -0.642. The summed E-state index contributed by atoms with van der Waals surface area (Å²) in [4.78, 5) is 25.5. The van der Waals surface area contributed by atoms with Gasteiger partial charge in [0.15, 0.2) is 0 Å². The van der Waals surface area contributed by atoms with Crippen LogP contribution in [0.25, 0.3) is 0 Å². The second-order valence-corrected chi connectivity index (χ2v) is 3.49. The predicted octanol–water partition coefficient (Wildman–Crippen LogP) is 0.0297. The topological polar surface area (TPSA) is 120 Å². The van der Waals surface area contributed by atoms with Crippen molar-refractivity contribution in [2.45, 2.75) is 25.8 Å². The van der Waals surface area contributed by atoms with Gasteiger partial charge in [-0.25, -0.2) is 9.78 Å². The number of carboxylic acid groups (broad SMARTS) is 1. The third kappa shape index (κ3) is 4.96. The molecule has 2 amide bonds. The molecule has 8 heteroatoms. The van der Waals surface area contributed by atoms with E-state index in [1.165, 1.54) is 6.33 Å². The molecule has 0 aliphatic carbocycles. The highest BCUT2D eigenvalue weighted by Crippen LogP contribution is 2.02. The van der Waals surface area contributed by atoms with Gasteiger partial charge in [0, 0.05) is 13.0 Å². The fraction of sp³-hybridized carbons (Fsp3) is 0.556. The summed E-state index contributed by atoms with van der Waals surface area (Å²) in [5.74, 6) is -0.312. The Morgan fingerprint density at radius 3 is 2.94 bits per heavy atom. The lowest BCUT2D eigenvalue weighted by Crippen LogP contribution is -2.37. The molecule has 0 aliphatic heterocycles. The van der Waals surface area contributed by atoms with Gasteiger partial charge in [-0.3, -0.25) is 9.89 Å². The fourth-order valence-corrected chi connectivity index (χ4v) is 1.18. The molecule has 1 rings (SSSR count). The molecule has 1 aromatic heterocycles. The van der Waals surface area contributed by atoms with Gasteiger partial charge in [0.05, 0.1) is 6.04 Å². The first kappa shape index (κ1) is 12.9. The van der Waals surface area contributed by atoms with Crippen LogP contribution in [0.3, 0.4) is 0 Å². The van der Waals surface area contributed by atoms with Crippen molar-refractivity contribution in [3.63, 3.8) is 0 Å². The maximum atomic E-state index is 11.4. The van der Waals surface area contributed by atoms with Gasteiger partial charge in [0.25, 0.3) is 0 Å². The lowest BCUT2D eigenvalue weighted by molar-refractivity contribution is -0.137. The molecule has 0 spiro atoms. The first-order valence-electron chi connectivity index (χ1n) is 5.21. The Balaban J connectivity index is 2.19. The van der Waals surface area contributed by atoms with Gasteiger partial charge in [-0.2, -0.15) is 5.10 Å². The monoisotopic (exact) mass is 241 g/mol. The SMILES string of the molecule is CC(NC(=O)NCCCC(=O)O)c1ncn[nH]1. The van der Waals surface area contributed by atoms with E-state index in [1.807, 2.05) is 0 Å². The number of aromatic nitrogens is 3. The Kier molecular flexibility index (Phi) is 4.92. The maximum absolute atomic E-state index is 11.4. The maximum Gasteiger partial charge on any atom is 0.315 e. The number of hydrogen-bond acceptors (Lipinski definition) is 4. The average Bonchev–Trinajstić information content (AvgIpc) is 2.77. The molecular weight excluding hydrogens is 226 g/mol. The van der Waals surface area contributed by atoms with E-state index in [0.717, 1.165) is 0 Å². The molecule has 1 aromatic rings. The molecule has 8 nitrogen and oxygen atoms in total. The normalized spacial score (nSPS) is 11.8. The molecule has 94 valence electrons. The molecule has 1 atom stereocenters. The van der Waals surface area contributed by atoms with Crippen LogP contribution in [0.2, 0.25) is 0 Å². The van der Waals surface area contributed by atoms with Gasteiger partial charge in [0.1, 0.15) is 12.2 Å². The average molecular weight is 241 g/mol. The van der Waals surface area contributed by atoms with Crippen molar-refractivity contribution in [1.82, 2.24) is 25.8 Å². The number of amides is 2. The second-order valence-electron chi connectivity index (χ2n) is 3.49. The van der Waals surface area contributed by atoms with Crippen LogP contribution in [0.15, 0.2) is 6.33 Å². The van der Waals surface area contributed by atoms with Gasteiger partial charge in [-0.05, 0) is 13.3 Å². The van der Waals surface area contributed by atoms with Crippen molar-refractivity contribution in [2.75, 3.05) is 6.54 Å². The van der Waals surface area contributed by atoms with Crippen LogP contribution < -0.4 is 10.6 Å². The Morgan fingerprint density at radius 1 is 1.59 bits per heavy atom. The number of carboxylic acids is 1. The Hall–Kier alpha value is -2.12. The van der Waals surface area contributed by atoms with Crippen LogP contribution in [-0.2, 0) is 4.79 Å². The summed E-state index contributed by atoms with van der Waals surface area (Å²) in [7, 11) is 0. The molecule has 0 saturated carbocycles. The highest BCUT2D eigenvalue weighted by atomic mass is 16.4. The largest absolute Gasteiger partial charge is 0.481 e. The molecule has 0 aliphatic rings. The third-order valence-corrected chi connectivity index (χ3v) is 2.04. The van der Waals surface area contributed by atoms with Crippen LogP contribution in [0.5, 0.6) is 0 Å². The summed E-state index contributed by atoms with van der Waals surface area (Å²) in [6.45, 7) is 2.08. The van der Waals surface area contributed by atoms with Crippen molar-refractivity contribution < 1.29 is 14.7 Å². The van der Waals surface area contributed by atoms with Crippen molar-refractivity contribution >= 4 is 12.0 Å². The van der Waals surface area contributed by atoms with E-state index in [2.05, 4.69) is 25.8 Å². The zero-order valence-electron chi connectivity index (χ0n) is 9.43. The number of rotatable bonds is 6. The molecule has 0 bridgehead atoms. The van der Waals surface area contributed by atoms with Gasteiger partial charge in [0.2, 0.25) is 0 Å². The van der Waals surface area contributed by atoms with Crippen LogP contribution >= 0.6 is 0 Å². The first-order chi connectivity index (χ1) is 8.09. The van der Waals surface area contributed by atoms with Gasteiger partial charge >= 0.3 is 12.0 Å². The van der Waals surface area contributed by atoms with Gasteiger partial charge in [-0.15, -0.1) is 0 Å². The zero-order valence-corrected chi connectivity index (χ0v) is 9.43. The molecule has 0 saturated heterocycles. The number of nitrogens with zero attached hydrogens (tertiary/aromatic N) is 2. The lowest BCUT2D eigenvalue weighted by Gasteiger charge is -2.11. The second kappa shape index (κ2) is 6.46. The number of nitrogens with one attached hydrogen (secondary N) is 3. The van der Waals surface area contributed by atoms with E-state index in [4.69, 9.17) is 5.11 Å².